The minimum Gasteiger partial charge on any atom is -0.467 e. The summed E-state index contributed by atoms with van der Waals surface area (Å²) in [6, 6.07) is 0.800. The fraction of sp³-hybridized carbons (Fsp3) is 0.417. The van der Waals surface area contributed by atoms with E-state index < -0.39 is 23.3 Å². The highest BCUT2D eigenvalue weighted by Gasteiger charge is 2.21. The topological polar surface area (TPSA) is 81.2 Å². The van der Waals surface area contributed by atoms with E-state index in [1.54, 1.807) is 6.07 Å². The molecule has 6 nitrogen and oxygen atoms in total. The fourth-order valence-corrected chi connectivity index (χ4v) is 2.85. The molecule has 2 aromatic rings. The zero-order chi connectivity index (χ0) is 14.2. The number of carbonyl (C=O) groups excluding carboxylic acids is 1. The van der Waals surface area contributed by atoms with Crippen LogP contribution < -0.4 is 11.2 Å². The standard InChI is InChI=1S/C12H14N2O4S/c1-4-7-5-8-9(19-7)13-12(17)14(10(8)15)6(2)11(16)18-3/h5-6H,4H2,1-3H3,(H,13,17). The van der Waals surface area contributed by atoms with Crippen LogP contribution in [-0.2, 0) is 16.0 Å². The molecule has 1 N–H and O–H groups in total. The van der Waals surface area contributed by atoms with Gasteiger partial charge >= 0.3 is 11.7 Å². The van der Waals surface area contributed by atoms with Crippen molar-refractivity contribution in [3.63, 3.8) is 0 Å². The molecule has 0 aliphatic heterocycles. The van der Waals surface area contributed by atoms with Crippen molar-refractivity contribution in [1.29, 1.82) is 0 Å². The van der Waals surface area contributed by atoms with Gasteiger partial charge in [-0.3, -0.25) is 9.78 Å². The number of aromatic amines is 1. The largest absolute Gasteiger partial charge is 0.467 e. The molecule has 0 amide bonds. The molecular formula is C12H14N2O4S. The molecule has 0 bridgehead atoms. The Balaban J connectivity index is 2.72. The third-order valence-corrected chi connectivity index (χ3v) is 4.14. The van der Waals surface area contributed by atoms with Crippen molar-refractivity contribution in [3.8, 4) is 0 Å². The van der Waals surface area contributed by atoms with Crippen molar-refractivity contribution < 1.29 is 9.53 Å². The third kappa shape index (κ3) is 2.21. The Morgan fingerprint density at radius 3 is 2.79 bits per heavy atom. The molecule has 19 heavy (non-hydrogen) atoms. The molecule has 2 aromatic heterocycles. The van der Waals surface area contributed by atoms with E-state index in [1.807, 2.05) is 6.92 Å². The summed E-state index contributed by atoms with van der Waals surface area (Å²) in [6.07, 6.45) is 0.785. The lowest BCUT2D eigenvalue weighted by molar-refractivity contribution is -0.144. The summed E-state index contributed by atoms with van der Waals surface area (Å²) in [5.41, 5.74) is -1.06. The van der Waals surface area contributed by atoms with E-state index >= 15 is 0 Å². The number of esters is 1. The van der Waals surface area contributed by atoms with Gasteiger partial charge in [-0.1, -0.05) is 6.92 Å². The number of H-pyrrole nitrogens is 1. The second-order valence-corrected chi connectivity index (χ2v) is 5.25. The molecule has 0 spiro atoms. The molecule has 1 atom stereocenters. The second kappa shape index (κ2) is 5.00. The molecule has 7 heteroatoms. The van der Waals surface area contributed by atoms with Gasteiger partial charge in [-0.15, -0.1) is 11.3 Å². The van der Waals surface area contributed by atoms with Gasteiger partial charge in [0.25, 0.3) is 5.56 Å². The molecule has 0 saturated carbocycles. The normalized spacial score (nSPS) is 12.6. The van der Waals surface area contributed by atoms with E-state index in [0.29, 0.717) is 10.2 Å². The highest BCUT2D eigenvalue weighted by atomic mass is 32.1. The molecular weight excluding hydrogens is 268 g/mol. The average Bonchev–Trinajstić information content (AvgIpc) is 2.80. The first-order chi connectivity index (χ1) is 8.99. The lowest BCUT2D eigenvalue weighted by Gasteiger charge is -2.11. The van der Waals surface area contributed by atoms with Crippen LogP contribution in [0.15, 0.2) is 15.7 Å². The first kappa shape index (κ1) is 13.5. The van der Waals surface area contributed by atoms with Gasteiger partial charge in [0.1, 0.15) is 10.9 Å². The van der Waals surface area contributed by atoms with E-state index in [1.165, 1.54) is 25.4 Å². The number of ether oxygens (including phenoxy) is 1. The van der Waals surface area contributed by atoms with Crippen LogP contribution in [0, 0.1) is 0 Å². The predicted molar refractivity (Wildman–Crippen MR) is 72.8 cm³/mol. The first-order valence-corrected chi connectivity index (χ1v) is 6.66. The van der Waals surface area contributed by atoms with Crippen molar-refractivity contribution >= 4 is 27.5 Å². The second-order valence-electron chi connectivity index (χ2n) is 4.11. The SMILES string of the molecule is CCc1cc2c(=O)n(C(C)C(=O)OC)c(=O)[nH]c2s1. The van der Waals surface area contributed by atoms with Crippen molar-refractivity contribution in [2.75, 3.05) is 7.11 Å². The van der Waals surface area contributed by atoms with Gasteiger partial charge in [0.15, 0.2) is 0 Å². The number of rotatable bonds is 3. The minimum absolute atomic E-state index is 0.428. The monoisotopic (exact) mass is 282 g/mol. The number of carbonyl (C=O) groups is 1. The number of hydrogen-bond donors (Lipinski definition) is 1. The van der Waals surface area contributed by atoms with Crippen molar-refractivity contribution in [1.82, 2.24) is 9.55 Å². The van der Waals surface area contributed by atoms with Crippen LogP contribution in [0.1, 0.15) is 24.8 Å². The summed E-state index contributed by atoms with van der Waals surface area (Å²) in [4.78, 5) is 39.9. The Morgan fingerprint density at radius 2 is 2.21 bits per heavy atom. The molecule has 0 aliphatic rings. The number of nitrogens with one attached hydrogen (secondary N) is 1. The Labute approximate surface area is 112 Å². The maximum absolute atomic E-state index is 12.3. The van der Waals surface area contributed by atoms with E-state index in [0.717, 1.165) is 15.9 Å². The van der Waals surface area contributed by atoms with Gasteiger partial charge in [-0.05, 0) is 19.4 Å². The first-order valence-electron chi connectivity index (χ1n) is 5.84. The molecule has 0 aromatic carbocycles. The van der Waals surface area contributed by atoms with E-state index in [4.69, 9.17) is 0 Å². The number of hydrogen-bond acceptors (Lipinski definition) is 5. The fourth-order valence-electron chi connectivity index (χ4n) is 1.88. The maximum Gasteiger partial charge on any atom is 0.330 e. The van der Waals surface area contributed by atoms with Gasteiger partial charge in [-0.25, -0.2) is 14.2 Å². The molecule has 0 aliphatic carbocycles. The summed E-state index contributed by atoms with van der Waals surface area (Å²) in [6.45, 7) is 3.43. The zero-order valence-corrected chi connectivity index (χ0v) is 11.7. The molecule has 1 unspecified atom stereocenters. The lowest BCUT2D eigenvalue weighted by atomic mass is 10.3. The van der Waals surface area contributed by atoms with Gasteiger partial charge in [0.05, 0.1) is 12.5 Å². The number of methoxy groups -OCH3 is 1. The van der Waals surface area contributed by atoms with Crippen LogP contribution in [0.5, 0.6) is 0 Å². The predicted octanol–water partition coefficient (Wildman–Crippen LogP) is 1.05. The highest BCUT2D eigenvalue weighted by Crippen LogP contribution is 2.20. The Morgan fingerprint density at radius 1 is 1.53 bits per heavy atom. The van der Waals surface area contributed by atoms with Crippen LogP contribution in [0.4, 0.5) is 0 Å². The highest BCUT2D eigenvalue weighted by molar-refractivity contribution is 7.18. The maximum atomic E-state index is 12.3. The Kier molecular flexibility index (Phi) is 3.57. The lowest BCUT2D eigenvalue weighted by Crippen LogP contribution is -2.39. The van der Waals surface area contributed by atoms with Gasteiger partial charge in [0, 0.05) is 4.88 Å². The number of thiophene rings is 1. The minimum atomic E-state index is -0.948. The molecule has 2 rings (SSSR count). The average molecular weight is 282 g/mol. The van der Waals surface area contributed by atoms with Crippen LogP contribution >= 0.6 is 11.3 Å². The van der Waals surface area contributed by atoms with Crippen molar-refractivity contribution in [3.05, 3.63) is 31.8 Å². The summed E-state index contributed by atoms with van der Waals surface area (Å²) in [5.74, 6) is -0.627. The molecule has 102 valence electrons. The number of aryl methyl sites for hydroxylation is 1. The number of aromatic nitrogens is 2. The number of fused-ring (bicyclic) bond motifs is 1. The molecule has 2 heterocycles. The van der Waals surface area contributed by atoms with Crippen molar-refractivity contribution in [2.45, 2.75) is 26.3 Å². The van der Waals surface area contributed by atoms with Crippen LogP contribution in [0.3, 0.4) is 0 Å². The van der Waals surface area contributed by atoms with E-state index in [9.17, 15) is 14.4 Å². The van der Waals surface area contributed by atoms with E-state index in [2.05, 4.69) is 9.72 Å². The van der Waals surface area contributed by atoms with Gasteiger partial charge in [-0.2, -0.15) is 0 Å². The molecule has 0 radical (unpaired) electrons. The van der Waals surface area contributed by atoms with Crippen LogP contribution in [0.2, 0.25) is 0 Å². The Bertz CT molecular complexity index is 740. The summed E-state index contributed by atoms with van der Waals surface area (Å²) >= 11 is 1.38. The zero-order valence-electron chi connectivity index (χ0n) is 10.9. The smallest absolute Gasteiger partial charge is 0.330 e. The Hall–Kier alpha value is -1.89. The van der Waals surface area contributed by atoms with E-state index in [-0.39, 0.29) is 0 Å². The third-order valence-electron chi connectivity index (χ3n) is 2.95. The van der Waals surface area contributed by atoms with Gasteiger partial charge < -0.3 is 4.74 Å². The molecule has 0 saturated heterocycles. The van der Waals surface area contributed by atoms with Crippen LogP contribution in [0.25, 0.3) is 10.2 Å². The summed E-state index contributed by atoms with van der Waals surface area (Å²) < 4.78 is 5.46. The van der Waals surface area contributed by atoms with Crippen molar-refractivity contribution in [2.24, 2.45) is 0 Å². The summed E-state index contributed by atoms with van der Waals surface area (Å²) in [5, 5.41) is 0.428. The summed E-state index contributed by atoms with van der Waals surface area (Å²) in [7, 11) is 1.22. The van der Waals surface area contributed by atoms with Gasteiger partial charge in [0.2, 0.25) is 0 Å². The quantitative estimate of drug-likeness (QED) is 0.853. The van der Waals surface area contributed by atoms with Crippen LogP contribution in [-0.4, -0.2) is 22.6 Å². The number of nitrogens with zero attached hydrogens (tertiary/aromatic N) is 1. The molecule has 0 fully saturated rings.